The number of ether oxygens (including phenoxy) is 1. The Labute approximate surface area is 107 Å². The van der Waals surface area contributed by atoms with E-state index in [0.29, 0.717) is 11.4 Å². The summed E-state index contributed by atoms with van der Waals surface area (Å²) in [5, 5.41) is 0. The van der Waals surface area contributed by atoms with Gasteiger partial charge in [-0.25, -0.2) is 4.98 Å². The molecule has 2 aromatic rings. The number of rotatable bonds is 3. The van der Waals surface area contributed by atoms with Crippen molar-refractivity contribution in [3.8, 4) is 11.4 Å². The van der Waals surface area contributed by atoms with Crippen LogP contribution >= 0.6 is 0 Å². The summed E-state index contributed by atoms with van der Waals surface area (Å²) in [5.41, 5.74) is 6.97. The predicted molar refractivity (Wildman–Crippen MR) is 62.8 cm³/mol. The zero-order chi connectivity index (χ0) is 14.0. The molecular formula is C12H12F3N3O. The number of nitrogens with zero attached hydrogens (tertiary/aromatic N) is 2. The van der Waals surface area contributed by atoms with Gasteiger partial charge in [-0.2, -0.15) is 0 Å². The molecule has 4 nitrogen and oxygen atoms in total. The number of hydrogen-bond acceptors (Lipinski definition) is 3. The lowest BCUT2D eigenvalue weighted by atomic mass is 10.2. The molecule has 2 N–H and O–H groups in total. The molecule has 0 bridgehead atoms. The second-order valence-electron chi connectivity index (χ2n) is 4.02. The third kappa shape index (κ3) is 3.25. The van der Waals surface area contributed by atoms with Gasteiger partial charge in [0.15, 0.2) is 0 Å². The maximum Gasteiger partial charge on any atom is 0.573 e. The van der Waals surface area contributed by atoms with E-state index in [4.69, 9.17) is 5.73 Å². The van der Waals surface area contributed by atoms with E-state index in [0.717, 1.165) is 0 Å². The number of imidazole rings is 1. The van der Waals surface area contributed by atoms with Gasteiger partial charge in [0, 0.05) is 12.1 Å². The van der Waals surface area contributed by atoms with Gasteiger partial charge in [0.25, 0.3) is 0 Å². The Morgan fingerprint density at radius 1 is 1.37 bits per heavy atom. The van der Waals surface area contributed by atoms with Crippen molar-refractivity contribution in [2.24, 2.45) is 5.73 Å². The van der Waals surface area contributed by atoms with Crippen molar-refractivity contribution in [3.63, 3.8) is 0 Å². The molecule has 0 amide bonds. The van der Waals surface area contributed by atoms with Crippen molar-refractivity contribution in [1.29, 1.82) is 0 Å². The molecule has 0 aliphatic rings. The van der Waals surface area contributed by atoms with E-state index in [1.54, 1.807) is 23.8 Å². The fourth-order valence-corrected chi connectivity index (χ4v) is 1.69. The van der Waals surface area contributed by atoms with Gasteiger partial charge in [-0.05, 0) is 19.1 Å². The van der Waals surface area contributed by atoms with Crippen molar-refractivity contribution >= 4 is 0 Å². The lowest BCUT2D eigenvalue weighted by Gasteiger charge is -2.13. The minimum atomic E-state index is -4.71. The molecule has 0 aliphatic carbocycles. The Morgan fingerprint density at radius 2 is 2.11 bits per heavy atom. The van der Waals surface area contributed by atoms with Crippen molar-refractivity contribution in [3.05, 3.63) is 42.5 Å². The van der Waals surface area contributed by atoms with E-state index < -0.39 is 6.36 Å². The second kappa shape index (κ2) is 4.93. The minimum Gasteiger partial charge on any atom is -0.406 e. The first-order valence-corrected chi connectivity index (χ1v) is 5.51. The number of nitrogens with two attached hydrogens (primary N) is 1. The summed E-state index contributed by atoms with van der Waals surface area (Å²) in [5.74, 6) is -0.283. The normalized spacial score (nSPS) is 13.3. The SMILES string of the molecule is C[C@@H](N)c1cncn1-c1cccc(OC(F)(F)F)c1. The number of alkyl halides is 3. The number of aromatic nitrogens is 2. The summed E-state index contributed by atoms with van der Waals surface area (Å²) in [6, 6.07) is 5.35. The third-order valence-electron chi connectivity index (χ3n) is 2.46. The molecule has 0 spiro atoms. The molecule has 0 radical (unpaired) electrons. The quantitative estimate of drug-likeness (QED) is 0.933. The van der Waals surface area contributed by atoms with Crippen molar-refractivity contribution in [2.75, 3.05) is 0 Å². The van der Waals surface area contributed by atoms with Crippen molar-refractivity contribution in [1.82, 2.24) is 9.55 Å². The van der Waals surface area contributed by atoms with E-state index in [9.17, 15) is 13.2 Å². The highest BCUT2D eigenvalue weighted by Crippen LogP contribution is 2.25. The fraction of sp³-hybridized carbons (Fsp3) is 0.250. The Balaban J connectivity index is 2.35. The zero-order valence-electron chi connectivity index (χ0n) is 10.1. The van der Waals surface area contributed by atoms with Crippen molar-refractivity contribution < 1.29 is 17.9 Å². The maximum absolute atomic E-state index is 12.2. The molecule has 1 aromatic carbocycles. The molecule has 0 aliphatic heterocycles. The monoisotopic (exact) mass is 271 g/mol. The van der Waals surface area contributed by atoms with Crippen LogP contribution in [0.2, 0.25) is 0 Å². The molecule has 102 valence electrons. The van der Waals surface area contributed by atoms with Crippen LogP contribution in [0.15, 0.2) is 36.8 Å². The van der Waals surface area contributed by atoms with E-state index in [1.165, 1.54) is 24.5 Å². The first kappa shape index (κ1) is 13.4. The van der Waals surface area contributed by atoms with Crippen LogP contribution in [0.3, 0.4) is 0 Å². The average molecular weight is 271 g/mol. The topological polar surface area (TPSA) is 53.1 Å². The van der Waals surface area contributed by atoms with Gasteiger partial charge < -0.3 is 15.0 Å². The van der Waals surface area contributed by atoms with Crippen LogP contribution in [-0.4, -0.2) is 15.9 Å². The average Bonchev–Trinajstić information content (AvgIpc) is 2.75. The smallest absolute Gasteiger partial charge is 0.406 e. The summed E-state index contributed by atoms with van der Waals surface area (Å²) in [6.07, 6.45) is -1.65. The molecule has 0 unspecified atom stereocenters. The molecule has 1 atom stereocenters. The highest BCUT2D eigenvalue weighted by atomic mass is 19.4. The summed E-state index contributed by atoms with van der Waals surface area (Å²) in [4.78, 5) is 3.94. The Kier molecular flexibility index (Phi) is 3.48. The standard InChI is InChI=1S/C12H12F3N3O/c1-8(16)11-6-17-7-18(11)9-3-2-4-10(5-9)19-12(13,14)15/h2-8H,16H2,1H3/t8-/m1/s1. The van der Waals surface area contributed by atoms with Crippen molar-refractivity contribution in [2.45, 2.75) is 19.3 Å². The largest absolute Gasteiger partial charge is 0.573 e. The molecule has 1 aromatic heterocycles. The van der Waals surface area contributed by atoms with Gasteiger partial charge in [-0.3, -0.25) is 0 Å². The van der Waals surface area contributed by atoms with Crippen LogP contribution in [0, 0.1) is 0 Å². The molecule has 2 rings (SSSR count). The van der Waals surface area contributed by atoms with E-state index in [-0.39, 0.29) is 11.8 Å². The van der Waals surface area contributed by atoms with Crippen LogP contribution in [-0.2, 0) is 0 Å². The number of halogens is 3. The summed E-state index contributed by atoms with van der Waals surface area (Å²) >= 11 is 0. The zero-order valence-corrected chi connectivity index (χ0v) is 10.1. The molecule has 0 saturated heterocycles. The fourth-order valence-electron chi connectivity index (χ4n) is 1.69. The van der Waals surface area contributed by atoms with E-state index in [1.807, 2.05) is 0 Å². The Bertz CT molecular complexity index is 563. The number of benzene rings is 1. The molecular weight excluding hydrogens is 259 g/mol. The van der Waals surface area contributed by atoms with Gasteiger partial charge in [0.1, 0.15) is 5.75 Å². The second-order valence-corrected chi connectivity index (χ2v) is 4.02. The van der Waals surface area contributed by atoms with Crippen LogP contribution < -0.4 is 10.5 Å². The minimum absolute atomic E-state index is 0.283. The maximum atomic E-state index is 12.2. The summed E-state index contributed by atoms with van der Waals surface area (Å²) in [7, 11) is 0. The van der Waals surface area contributed by atoms with Gasteiger partial charge in [-0.15, -0.1) is 13.2 Å². The van der Waals surface area contributed by atoms with Crippen LogP contribution in [0.5, 0.6) is 5.75 Å². The first-order chi connectivity index (χ1) is 8.87. The Morgan fingerprint density at radius 3 is 2.74 bits per heavy atom. The lowest BCUT2D eigenvalue weighted by molar-refractivity contribution is -0.274. The highest BCUT2D eigenvalue weighted by molar-refractivity contribution is 5.40. The van der Waals surface area contributed by atoms with Crippen LogP contribution in [0.4, 0.5) is 13.2 Å². The van der Waals surface area contributed by atoms with Gasteiger partial charge in [-0.1, -0.05) is 6.07 Å². The highest BCUT2D eigenvalue weighted by Gasteiger charge is 2.31. The van der Waals surface area contributed by atoms with Crippen LogP contribution in [0.25, 0.3) is 5.69 Å². The predicted octanol–water partition coefficient (Wildman–Crippen LogP) is 2.79. The van der Waals surface area contributed by atoms with Crippen LogP contribution in [0.1, 0.15) is 18.7 Å². The molecule has 0 fully saturated rings. The molecule has 0 saturated carbocycles. The lowest BCUT2D eigenvalue weighted by Crippen LogP contribution is -2.17. The van der Waals surface area contributed by atoms with E-state index in [2.05, 4.69) is 9.72 Å². The van der Waals surface area contributed by atoms with Gasteiger partial charge >= 0.3 is 6.36 Å². The summed E-state index contributed by atoms with van der Waals surface area (Å²) < 4.78 is 42.0. The third-order valence-corrected chi connectivity index (χ3v) is 2.46. The first-order valence-electron chi connectivity index (χ1n) is 5.51. The summed E-state index contributed by atoms with van der Waals surface area (Å²) in [6.45, 7) is 1.77. The molecule has 19 heavy (non-hydrogen) atoms. The number of hydrogen-bond donors (Lipinski definition) is 1. The van der Waals surface area contributed by atoms with E-state index >= 15 is 0 Å². The molecule has 1 heterocycles. The molecule has 7 heteroatoms. The Hall–Kier alpha value is -2.02. The van der Waals surface area contributed by atoms with Gasteiger partial charge in [0.05, 0.1) is 23.9 Å². The van der Waals surface area contributed by atoms with Gasteiger partial charge in [0.2, 0.25) is 0 Å².